The summed E-state index contributed by atoms with van der Waals surface area (Å²) in [5, 5.41) is 8.13. The van der Waals surface area contributed by atoms with Crippen LogP contribution in [-0.2, 0) is 4.74 Å². The second-order valence-corrected chi connectivity index (χ2v) is 6.78. The first kappa shape index (κ1) is 18.3. The fraction of sp³-hybridized carbons (Fsp3) is 0.800. The van der Waals surface area contributed by atoms with Gasteiger partial charge in [-0.3, -0.25) is 0 Å². The number of likely N-dealkylation sites (tertiary alicyclic amines) is 1. The van der Waals surface area contributed by atoms with E-state index in [1.165, 1.54) is 5.01 Å². The molecular formula is C15H28N4O3. The smallest absolute Gasteiger partial charge is 0.410 e. The van der Waals surface area contributed by atoms with Crippen molar-refractivity contribution in [3.8, 4) is 0 Å². The monoisotopic (exact) mass is 312 g/mol. The third kappa shape index (κ3) is 5.91. The van der Waals surface area contributed by atoms with Crippen LogP contribution in [-0.4, -0.2) is 59.5 Å². The van der Waals surface area contributed by atoms with Gasteiger partial charge >= 0.3 is 12.1 Å². The lowest BCUT2D eigenvalue weighted by molar-refractivity contribution is 0.0268. The molecule has 1 N–H and O–H groups in total. The van der Waals surface area contributed by atoms with Crippen LogP contribution in [0.2, 0.25) is 0 Å². The Balaban J connectivity index is 2.61. The van der Waals surface area contributed by atoms with Crippen molar-refractivity contribution in [2.45, 2.75) is 65.1 Å². The molecule has 0 saturated carbocycles. The first-order valence-electron chi connectivity index (χ1n) is 7.68. The third-order valence-electron chi connectivity index (χ3n) is 3.05. The van der Waals surface area contributed by atoms with E-state index in [-0.39, 0.29) is 24.2 Å². The minimum Gasteiger partial charge on any atom is -0.444 e. The Morgan fingerprint density at radius 2 is 2.05 bits per heavy atom. The molecule has 1 saturated heterocycles. The molecule has 0 aliphatic carbocycles. The Labute approximate surface area is 132 Å². The van der Waals surface area contributed by atoms with Crippen LogP contribution in [0.5, 0.6) is 0 Å². The molecule has 3 amide bonds. The summed E-state index contributed by atoms with van der Waals surface area (Å²) in [6.45, 7) is 9.94. The predicted octanol–water partition coefficient (Wildman–Crippen LogP) is 2.42. The van der Waals surface area contributed by atoms with Crippen molar-refractivity contribution in [2.75, 3.05) is 13.6 Å². The van der Waals surface area contributed by atoms with Crippen molar-refractivity contribution in [1.82, 2.24) is 15.2 Å². The molecule has 0 unspecified atom stereocenters. The molecule has 0 spiro atoms. The Bertz CT molecular complexity index is 429. The van der Waals surface area contributed by atoms with Crippen LogP contribution in [0.4, 0.5) is 9.59 Å². The highest BCUT2D eigenvalue weighted by Crippen LogP contribution is 2.19. The zero-order valence-corrected chi connectivity index (χ0v) is 14.4. The molecule has 0 aromatic heterocycles. The van der Waals surface area contributed by atoms with E-state index in [2.05, 4.69) is 10.4 Å². The molecule has 1 aliphatic rings. The van der Waals surface area contributed by atoms with Gasteiger partial charge in [-0.05, 0) is 47.5 Å². The number of ether oxygens (including phenoxy) is 1. The van der Waals surface area contributed by atoms with Crippen LogP contribution in [0.15, 0.2) is 5.10 Å². The van der Waals surface area contributed by atoms with E-state index in [0.717, 1.165) is 12.8 Å². The van der Waals surface area contributed by atoms with E-state index in [9.17, 15) is 9.59 Å². The van der Waals surface area contributed by atoms with E-state index in [1.54, 1.807) is 18.2 Å². The Kier molecular flexibility index (Phi) is 6.20. The highest BCUT2D eigenvalue weighted by Gasteiger charge is 2.31. The number of nitrogens with one attached hydrogen (secondary N) is 1. The highest BCUT2D eigenvalue weighted by atomic mass is 16.6. The summed E-state index contributed by atoms with van der Waals surface area (Å²) < 4.78 is 5.39. The fourth-order valence-corrected chi connectivity index (χ4v) is 2.06. The predicted molar refractivity (Wildman–Crippen MR) is 85.9 cm³/mol. The van der Waals surface area contributed by atoms with Crippen LogP contribution in [0.25, 0.3) is 0 Å². The molecule has 1 heterocycles. The van der Waals surface area contributed by atoms with E-state index >= 15 is 0 Å². The number of hydrogen-bond donors (Lipinski definition) is 1. The summed E-state index contributed by atoms with van der Waals surface area (Å²) >= 11 is 0. The molecule has 7 heteroatoms. The molecule has 0 aromatic rings. The maximum atomic E-state index is 12.1. The normalized spacial score (nSPS) is 18.9. The summed E-state index contributed by atoms with van der Waals surface area (Å²) in [7, 11) is 1.58. The molecular weight excluding hydrogens is 284 g/mol. The van der Waals surface area contributed by atoms with Crippen LogP contribution in [0.3, 0.4) is 0 Å². The topological polar surface area (TPSA) is 74.2 Å². The number of carbonyl (C=O) groups excluding carboxylic acids is 2. The van der Waals surface area contributed by atoms with E-state index in [4.69, 9.17) is 4.74 Å². The summed E-state index contributed by atoms with van der Waals surface area (Å²) in [5.41, 5.74) is -0.519. The average Bonchev–Trinajstić information content (AvgIpc) is 2.81. The van der Waals surface area contributed by atoms with Gasteiger partial charge in [0.25, 0.3) is 0 Å². The number of amides is 3. The van der Waals surface area contributed by atoms with E-state index in [1.807, 2.05) is 34.6 Å². The van der Waals surface area contributed by atoms with Gasteiger partial charge < -0.3 is 15.0 Å². The summed E-state index contributed by atoms with van der Waals surface area (Å²) in [4.78, 5) is 25.6. The number of nitrogens with zero attached hydrogens (tertiary/aromatic N) is 3. The van der Waals surface area contributed by atoms with Gasteiger partial charge in [-0.15, -0.1) is 0 Å². The minimum absolute atomic E-state index is 0.0508. The third-order valence-corrected chi connectivity index (χ3v) is 3.05. The largest absolute Gasteiger partial charge is 0.444 e. The number of carbonyl (C=O) groups is 2. The van der Waals surface area contributed by atoms with E-state index in [0.29, 0.717) is 6.54 Å². The minimum atomic E-state index is -0.519. The van der Waals surface area contributed by atoms with Gasteiger partial charge in [0.1, 0.15) is 5.60 Å². The molecule has 1 fully saturated rings. The van der Waals surface area contributed by atoms with Crippen molar-refractivity contribution >= 4 is 18.3 Å². The summed E-state index contributed by atoms with van der Waals surface area (Å²) in [5.74, 6) is 0. The van der Waals surface area contributed by atoms with Crippen LogP contribution in [0.1, 0.15) is 47.5 Å². The van der Waals surface area contributed by atoms with Gasteiger partial charge in [0.05, 0.1) is 6.04 Å². The second kappa shape index (κ2) is 7.47. The first-order chi connectivity index (χ1) is 10.1. The maximum absolute atomic E-state index is 12.1. The lowest BCUT2D eigenvalue weighted by Gasteiger charge is -2.27. The second-order valence-electron chi connectivity index (χ2n) is 6.78. The molecule has 1 rings (SSSR count). The van der Waals surface area contributed by atoms with Crippen LogP contribution < -0.4 is 5.32 Å². The molecule has 0 aromatic carbocycles. The van der Waals surface area contributed by atoms with Gasteiger partial charge in [-0.25, -0.2) is 14.6 Å². The number of hydrazone groups is 1. The zero-order chi connectivity index (χ0) is 16.9. The van der Waals surface area contributed by atoms with Gasteiger partial charge in [-0.1, -0.05) is 0 Å². The fourth-order valence-electron chi connectivity index (χ4n) is 2.06. The van der Waals surface area contributed by atoms with Crippen LogP contribution >= 0.6 is 0 Å². The van der Waals surface area contributed by atoms with Crippen molar-refractivity contribution in [3.05, 3.63) is 0 Å². The number of rotatable bonds is 3. The number of hydrogen-bond acceptors (Lipinski definition) is 4. The van der Waals surface area contributed by atoms with Gasteiger partial charge in [0.15, 0.2) is 0 Å². The summed E-state index contributed by atoms with van der Waals surface area (Å²) in [6, 6.07) is -0.355. The first-order valence-corrected chi connectivity index (χ1v) is 7.68. The van der Waals surface area contributed by atoms with Crippen molar-refractivity contribution in [2.24, 2.45) is 5.10 Å². The van der Waals surface area contributed by atoms with Crippen molar-refractivity contribution in [3.63, 3.8) is 0 Å². The number of urea groups is 1. The van der Waals surface area contributed by atoms with Crippen molar-refractivity contribution < 1.29 is 14.3 Å². The Hall–Kier alpha value is -1.79. The molecule has 1 aliphatic heterocycles. The molecule has 7 nitrogen and oxygen atoms in total. The molecule has 1 atom stereocenters. The molecule has 22 heavy (non-hydrogen) atoms. The highest BCUT2D eigenvalue weighted by molar-refractivity contribution is 5.78. The van der Waals surface area contributed by atoms with Crippen LogP contribution in [0, 0.1) is 0 Å². The lowest BCUT2D eigenvalue weighted by atomic mass is 10.2. The molecule has 0 bridgehead atoms. The van der Waals surface area contributed by atoms with Gasteiger partial charge in [-0.2, -0.15) is 5.10 Å². The quantitative estimate of drug-likeness (QED) is 0.642. The van der Waals surface area contributed by atoms with E-state index < -0.39 is 5.60 Å². The summed E-state index contributed by atoms with van der Waals surface area (Å²) in [6.07, 6.45) is 3.02. The maximum Gasteiger partial charge on any atom is 0.410 e. The average molecular weight is 312 g/mol. The van der Waals surface area contributed by atoms with Crippen molar-refractivity contribution in [1.29, 1.82) is 0 Å². The molecule has 126 valence electrons. The SMILES string of the molecule is CC(C)NC(=O)N(C)/N=C/[C@@H]1CCCN1C(=O)OC(C)(C)C. The zero-order valence-electron chi connectivity index (χ0n) is 14.4. The Morgan fingerprint density at radius 1 is 1.41 bits per heavy atom. The standard InChI is InChI=1S/C15H28N4O3/c1-11(2)17-13(20)18(6)16-10-12-8-7-9-19(12)14(21)22-15(3,4)5/h10-12H,7-9H2,1-6H3,(H,17,20)/b16-10+/t12-/m0/s1. The lowest BCUT2D eigenvalue weighted by Crippen LogP contribution is -2.41. The van der Waals surface area contributed by atoms with Gasteiger partial charge in [0, 0.05) is 25.8 Å². The molecule has 0 radical (unpaired) electrons. The Morgan fingerprint density at radius 3 is 2.59 bits per heavy atom. The van der Waals surface area contributed by atoms with Gasteiger partial charge in [0.2, 0.25) is 0 Å².